The molecule has 2 atom stereocenters. The van der Waals surface area contributed by atoms with Gasteiger partial charge in [-0.2, -0.15) is 5.10 Å². The second kappa shape index (κ2) is 6.58. The van der Waals surface area contributed by atoms with Gasteiger partial charge in [-0.25, -0.2) is 14.6 Å². The second-order valence-electron chi connectivity index (χ2n) is 7.39. The molecule has 4 N–H and O–H groups in total. The number of ether oxygens (including phenoxy) is 1. The van der Waals surface area contributed by atoms with Crippen molar-refractivity contribution in [3.8, 4) is 11.4 Å². The monoisotopic (exact) mass is 369 g/mol. The molecule has 2 saturated carbocycles. The van der Waals surface area contributed by atoms with Gasteiger partial charge in [-0.3, -0.25) is 0 Å². The molecule has 0 bridgehead atoms. The number of rotatable bonds is 6. The van der Waals surface area contributed by atoms with E-state index >= 15 is 0 Å². The first-order valence-corrected chi connectivity index (χ1v) is 9.52. The number of nitrogen functional groups attached to an aromatic ring is 1. The first kappa shape index (κ1) is 16.6. The highest BCUT2D eigenvalue weighted by atomic mass is 16.5. The lowest BCUT2D eigenvalue weighted by molar-refractivity contribution is 0.0613. The summed E-state index contributed by atoms with van der Waals surface area (Å²) >= 11 is 0. The zero-order valence-electron chi connectivity index (χ0n) is 15.0. The largest absolute Gasteiger partial charge is 0.383 e. The predicted octanol–water partition coefficient (Wildman–Crippen LogP) is 2.01. The Hall–Kier alpha value is -2.52. The lowest BCUT2D eigenvalue weighted by Crippen LogP contribution is -2.16. The maximum absolute atomic E-state index is 6.18. The Kier molecular flexibility index (Phi) is 4.05. The molecule has 2 fully saturated rings. The highest BCUT2D eigenvalue weighted by Gasteiger charge is 2.32. The van der Waals surface area contributed by atoms with Gasteiger partial charge in [0.2, 0.25) is 0 Å². The molecule has 2 aliphatic carbocycles. The van der Waals surface area contributed by atoms with Gasteiger partial charge in [0, 0.05) is 18.5 Å². The Bertz CT molecular complexity index is 962. The van der Waals surface area contributed by atoms with Crippen LogP contribution in [-0.4, -0.2) is 44.2 Å². The molecule has 0 radical (unpaired) electrons. The third-order valence-corrected chi connectivity index (χ3v) is 5.44. The molecule has 0 amide bonds. The van der Waals surface area contributed by atoms with Crippen molar-refractivity contribution in [2.45, 2.75) is 50.2 Å². The highest BCUT2D eigenvalue weighted by molar-refractivity contribution is 5.97. The molecule has 5 rings (SSSR count). The third kappa shape index (κ3) is 2.96. The van der Waals surface area contributed by atoms with Crippen LogP contribution in [0.5, 0.6) is 0 Å². The normalized spacial score (nSPS) is 22.7. The predicted molar refractivity (Wildman–Crippen MR) is 98.9 cm³/mol. The number of nitrogens with zero attached hydrogens (tertiary/aromatic N) is 5. The van der Waals surface area contributed by atoms with Gasteiger partial charge < -0.3 is 20.7 Å². The summed E-state index contributed by atoms with van der Waals surface area (Å²) < 4.78 is 13.3. The van der Waals surface area contributed by atoms with Crippen LogP contribution >= 0.6 is 0 Å². The van der Waals surface area contributed by atoms with Crippen molar-refractivity contribution in [1.82, 2.24) is 24.9 Å². The maximum Gasteiger partial charge on any atom is 0.164 e. The highest BCUT2D eigenvalue weighted by Crippen LogP contribution is 2.42. The average Bonchev–Trinajstić information content (AvgIpc) is 3.10. The van der Waals surface area contributed by atoms with Crippen LogP contribution in [0.3, 0.4) is 0 Å². The first-order chi connectivity index (χ1) is 13.2. The van der Waals surface area contributed by atoms with Gasteiger partial charge in [0.15, 0.2) is 5.65 Å². The molecule has 0 unspecified atom stereocenters. The van der Waals surface area contributed by atoms with Crippen LogP contribution in [0, 0.1) is 0 Å². The summed E-state index contributed by atoms with van der Waals surface area (Å²) in [4.78, 5) is 8.62. The van der Waals surface area contributed by atoms with E-state index in [0.717, 1.165) is 48.9 Å². The zero-order chi connectivity index (χ0) is 18.4. The molecular weight excluding hydrogens is 346 g/mol. The molecule has 2 aliphatic rings. The van der Waals surface area contributed by atoms with Crippen LogP contribution in [0.15, 0.2) is 16.9 Å². The fourth-order valence-corrected chi connectivity index (χ4v) is 3.92. The van der Waals surface area contributed by atoms with Crippen molar-refractivity contribution in [3.05, 3.63) is 18.2 Å². The second-order valence-corrected chi connectivity index (χ2v) is 7.39. The Morgan fingerprint density at radius 1 is 1.22 bits per heavy atom. The third-order valence-electron chi connectivity index (χ3n) is 5.44. The first-order valence-electron chi connectivity index (χ1n) is 9.52. The van der Waals surface area contributed by atoms with Gasteiger partial charge in [-0.05, 0) is 32.1 Å². The van der Waals surface area contributed by atoms with Crippen molar-refractivity contribution in [3.63, 3.8) is 0 Å². The molecule has 9 nitrogen and oxygen atoms in total. The van der Waals surface area contributed by atoms with E-state index in [4.69, 9.17) is 25.8 Å². The van der Waals surface area contributed by atoms with Crippen LogP contribution < -0.4 is 11.5 Å². The van der Waals surface area contributed by atoms with E-state index in [-0.39, 0.29) is 12.1 Å². The molecule has 0 spiro atoms. The number of hydrogen-bond acceptors (Lipinski definition) is 8. The minimum absolute atomic E-state index is 0.202. The number of anilines is 1. The summed E-state index contributed by atoms with van der Waals surface area (Å²) in [6.07, 6.45) is 6.83. The van der Waals surface area contributed by atoms with E-state index in [1.165, 1.54) is 6.33 Å². The van der Waals surface area contributed by atoms with E-state index in [1.807, 2.05) is 10.7 Å². The SMILES string of the molecule is NCCO[C@@H]1CC[C@@H](n2nc(-c3cc(C4CC4)on3)c3c(N)ncnc32)C1. The standard InChI is InChI=1S/C18H23N7O2/c19-5-6-26-12-4-3-11(7-12)25-18-15(17(20)21-9-22-18)16(23-25)13-8-14(27-24-13)10-1-2-10/h8-12H,1-7,19H2,(H2,20,21,22)/t11-,12-/m1/s1. The fourth-order valence-electron chi connectivity index (χ4n) is 3.92. The van der Waals surface area contributed by atoms with Gasteiger partial charge in [0.05, 0.1) is 24.1 Å². The number of nitrogens with two attached hydrogens (primary N) is 2. The molecular formula is C18H23N7O2. The Balaban J connectivity index is 1.52. The number of hydrogen-bond donors (Lipinski definition) is 2. The molecule has 27 heavy (non-hydrogen) atoms. The molecule has 0 saturated heterocycles. The van der Waals surface area contributed by atoms with E-state index in [9.17, 15) is 0 Å². The summed E-state index contributed by atoms with van der Waals surface area (Å²) in [6, 6.07) is 2.17. The lowest BCUT2D eigenvalue weighted by atomic mass is 10.2. The summed E-state index contributed by atoms with van der Waals surface area (Å²) in [6.45, 7) is 1.12. The number of aromatic nitrogens is 5. The van der Waals surface area contributed by atoms with Crippen LogP contribution in [-0.2, 0) is 4.74 Å². The van der Waals surface area contributed by atoms with E-state index in [0.29, 0.717) is 36.3 Å². The summed E-state index contributed by atoms with van der Waals surface area (Å²) in [5.41, 5.74) is 13.8. The topological polar surface area (TPSA) is 131 Å². The lowest BCUT2D eigenvalue weighted by Gasteiger charge is -2.13. The average molecular weight is 369 g/mol. The molecule has 9 heteroatoms. The maximum atomic E-state index is 6.18. The molecule has 3 aromatic heterocycles. The van der Waals surface area contributed by atoms with E-state index in [2.05, 4.69) is 15.1 Å². The van der Waals surface area contributed by atoms with Crippen molar-refractivity contribution in [2.24, 2.45) is 5.73 Å². The van der Waals surface area contributed by atoms with Gasteiger partial charge in [0.25, 0.3) is 0 Å². The van der Waals surface area contributed by atoms with Crippen LogP contribution in [0.2, 0.25) is 0 Å². The van der Waals surface area contributed by atoms with Crippen LogP contribution in [0.25, 0.3) is 22.4 Å². The van der Waals surface area contributed by atoms with E-state index < -0.39 is 0 Å². The summed E-state index contributed by atoms with van der Waals surface area (Å²) in [5, 5.41) is 9.81. The quantitative estimate of drug-likeness (QED) is 0.674. The summed E-state index contributed by atoms with van der Waals surface area (Å²) in [7, 11) is 0. The van der Waals surface area contributed by atoms with Gasteiger partial charge >= 0.3 is 0 Å². The van der Waals surface area contributed by atoms with Crippen LogP contribution in [0.1, 0.15) is 49.8 Å². The fraction of sp³-hybridized carbons (Fsp3) is 0.556. The number of fused-ring (bicyclic) bond motifs is 1. The van der Waals surface area contributed by atoms with Crippen molar-refractivity contribution < 1.29 is 9.26 Å². The van der Waals surface area contributed by atoms with E-state index in [1.54, 1.807) is 0 Å². The molecule has 3 aromatic rings. The smallest absolute Gasteiger partial charge is 0.164 e. The van der Waals surface area contributed by atoms with Crippen molar-refractivity contribution in [1.29, 1.82) is 0 Å². The van der Waals surface area contributed by atoms with Gasteiger partial charge in [-0.15, -0.1) is 0 Å². The minimum atomic E-state index is 0.202. The van der Waals surface area contributed by atoms with Crippen LogP contribution in [0.4, 0.5) is 5.82 Å². The van der Waals surface area contributed by atoms with Gasteiger partial charge in [0.1, 0.15) is 29.3 Å². The van der Waals surface area contributed by atoms with Crippen molar-refractivity contribution >= 4 is 16.9 Å². The molecule has 0 aliphatic heterocycles. The minimum Gasteiger partial charge on any atom is -0.383 e. The Morgan fingerprint density at radius 3 is 2.93 bits per heavy atom. The zero-order valence-corrected chi connectivity index (χ0v) is 15.0. The molecule has 142 valence electrons. The summed E-state index contributed by atoms with van der Waals surface area (Å²) in [5.74, 6) is 1.81. The molecule has 0 aromatic carbocycles. The Morgan fingerprint density at radius 2 is 2.11 bits per heavy atom. The Labute approximate surface area is 156 Å². The van der Waals surface area contributed by atoms with Gasteiger partial charge in [-0.1, -0.05) is 5.16 Å². The molecule has 3 heterocycles. The van der Waals surface area contributed by atoms with Crippen molar-refractivity contribution in [2.75, 3.05) is 18.9 Å².